The number of hydrogen-bond donors (Lipinski definition) is 3. The number of nitrogens with two attached hydrogens (primary N) is 1. The van der Waals surface area contributed by atoms with Crippen LogP contribution >= 0.6 is 0 Å². The van der Waals surface area contributed by atoms with Crippen LogP contribution in [0, 0.1) is 5.41 Å². The van der Waals surface area contributed by atoms with Gasteiger partial charge in [-0.2, -0.15) is 0 Å². The van der Waals surface area contributed by atoms with E-state index in [4.69, 9.17) is 10.8 Å². The first-order valence-electron chi connectivity index (χ1n) is 5.65. The number of aliphatic carboxylic acids is 1. The Kier molecular flexibility index (Phi) is 3.57. The maximum absolute atomic E-state index is 11.7. The first-order chi connectivity index (χ1) is 7.34. The van der Waals surface area contributed by atoms with Crippen molar-refractivity contribution < 1.29 is 14.7 Å². The number of carbonyl (C=O) groups excluding carboxylic acids is 1. The third kappa shape index (κ3) is 2.35. The van der Waals surface area contributed by atoms with Gasteiger partial charge in [-0.1, -0.05) is 13.3 Å². The maximum Gasteiger partial charge on any atom is 0.311 e. The van der Waals surface area contributed by atoms with Gasteiger partial charge >= 0.3 is 5.97 Å². The molecular formula is C11H20N2O3. The molecule has 1 rings (SSSR count). The number of nitrogens with one attached hydrogen (secondary N) is 1. The molecule has 16 heavy (non-hydrogen) atoms. The average Bonchev–Trinajstić information content (AvgIpc) is 2.15. The number of amides is 1. The molecule has 92 valence electrons. The summed E-state index contributed by atoms with van der Waals surface area (Å²) in [6.07, 6.45) is 2.71. The molecular weight excluding hydrogens is 208 g/mol. The quantitative estimate of drug-likeness (QED) is 0.638. The highest BCUT2D eigenvalue weighted by atomic mass is 16.4. The van der Waals surface area contributed by atoms with Crippen LogP contribution in [0.2, 0.25) is 0 Å². The molecule has 1 fully saturated rings. The smallest absolute Gasteiger partial charge is 0.311 e. The molecule has 4 N–H and O–H groups in total. The van der Waals surface area contributed by atoms with E-state index in [1.54, 1.807) is 6.92 Å². The summed E-state index contributed by atoms with van der Waals surface area (Å²) in [6.45, 7) is 3.67. The van der Waals surface area contributed by atoms with Crippen molar-refractivity contribution in [3.05, 3.63) is 0 Å². The summed E-state index contributed by atoms with van der Waals surface area (Å²) in [7, 11) is 0. The van der Waals surface area contributed by atoms with E-state index < -0.39 is 16.9 Å². The van der Waals surface area contributed by atoms with Crippen LogP contribution in [0.1, 0.15) is 39.5 Å². The van der Waals surface area contributed by atoms with Crippen molar-refractivity contribution in [2.75, 3.05) is 6.54 Å². The van der Waals surface area contributed by atoms with E-state index in [0.717, 1.165) is 6.42 Å². The van der Waals surface area contributed by atoms with Gasteiger partial charge in [-0.15, -0.1) is 0 Å². The maximum atomic E-state index is 11.7. The number of hydrogen-bond acceptors (Lipinski definition) is 3. The zero-order chi connectivity index (χ0) is 12.4. The lowest BCUT2D eigenvalue weighted by Crippen LogP contribution is -2.55. The van der Waals surface area contributed by atoms with Crippen molar-refractivity contribution in [2.45, 2.75) is 45.1 Å². The van der Waals surface area contributed by atoms with Crippen LogP contribution in [0.4, 0.5) is 0 Å². The van der Waals surface area contributed by atoms with E-state index in [2.05, 4.69) is 5.32 Å². The first kappa shape index (κ1) is 13.0. The Bertz CT molecular complexity index is 296. The highest BCUT2D eigenvalue weighted by Crippen LogP contribution is 2.40. The van der Waals surface area contributed by atoms with Crippen LogP contribution < -0.4 is 11.1 Å². The third-order valence-electron chi connectivity index (χ3n) is 3.60. The van der Waals surface area contributed by atoms with Gasteiger partial charge < -0.3 is 16.2 Å². The van der Waals surface area contributed by atoms with Crippen molar-refractivity contribution in [3.8, 4) is 0 Å². The molecule has 1 saturated carbocycles. The van der Waals surface area contributed by atoms with Gasteiger partial charge in [0.1, 0.15) is 0 Å². The molecule has 5 heteroatoms. The molecule has 0 heterocycles. The fourth-order valence-corrected chi connectivity index (χ4v) is 1.68. The molecule has 0 aromatic carbocycles. The predicted molar refractivity (Wildman–Crippen MR) is 59.8 cm³/mol. The second kappa shape index (κ2) is 4.41. The Morgan fingerprint density at radius 1 is 1.50 bits per heavy atom. The second-order valence-electron chi connectivity index (χ2n) is 4.89. The Morgan fingerprint density at radius 3 is 2.38 bits per heavy atom. The van der Waals surface area contributed by atoms with E-state index in [1.807, 2.05) is 6.92 Å². The van der Waals surface area contributed by atoms with Crippen molar-refractivity contribution in [2.24, 2.45) is 11.1 Å². The monoisotopic (exact) mass is 228 g/mol. The molecule has 1 atom stereocenters. The van der Waals surface area contributed by atoms with Gasteiger partial charge in [0.25, 0.3) is 0 Å². The summed E-state index contributed by atoms with van der Waals surface area (Å²) in [5, 5.41) is 11.7. The van der Waals surface area contributed by atoms with Crippen LogP contribution in [0.3, 0.4) is 0 Å². The minimum atomic E-state index is -0.913. The Balaban J connectivity index is 2.51. The van der Waals surface area contributed by atoms with E-state index in [1.165, 1.54) is 0 Å². The predicted octanol–water partition coefficient (Wildman–Crippen LogP) is 0.485. The van der Waals surface area contributed by atoms with Crippen LogP contribution in [0.15, 0.2) is 0 Å². The summed E-state index contributed by atoms with van der Waals surface area (Å²) in [4.78, 5) is 22.7. The molecule has 1 aliphatic carbocycles. The number of carbonyl (C=O) groups is 2. The lowest BCUT2D eigenvalue weighted by molar-refractivity contribution is -0.154. The average molecular weight is 228 g/mol. The normalized spacial score (nSPS) is 21.7. The highest BCUT2D eigenvalue weighted by molar-refractivity contribution is 5.86. The lowest BCUT2D eigenvalue weighted by atomic mass is 9.68. The molecule has 1 unspecified atom stereocenters. The van der Waals surface area contributed by atoms with Gasteiger partial charge in [-0.05, 0) is 26.2 Å². The van der Waals surface area contributed by atoms with Gasteiger partial charge in [0.15, 0.2) is 0 Å². The topological polar surface area (TPSA) is 92.4 Å². The molecule has 0 aliphatic heterocycles. The van der Waals surface area contributed by atoms with Crippen LogP contribution in [-0.2, 0) is 9.59 Å². The van der Waals surface area contributed by atoms with Crippen LogP contribution in [0.25, 0.3) is 0 Å². The first-order valence-corrected chi connectivity index (χ1v) is 5.65. The standard InChI is InChI=1S/C11H20N2O3/c1-3-10(2,12)8(14)13-7-11(9(15)16)5-4-6-11/h3-7,12H2,1-2H3,(H,13,14)(H,15,16). The SMILES string of the molecule is CCC(C)(N)C(=O)NCC1(C(=O)O)CCC1. The molecule has 0 aromatic heterocycles. The molecule has 0 spiro atoms. The zero-order valence-corrected chi connectivity index (χ0v) is 9.88. The summed E-state index contributed by atoms with van der Waals surface area (Å²) in [6, 6.07) is 0. The summed E-state index contributed by atoms with van der Waals surface area (Å²) in [5.41, 5.74) is 4.10. The number of rotatable bonds is 5. The fourth-order valence-electron chi connectivity index (χ4n) is 1.68. The largest absolute Gasteiger partial charge is 0.481 e. The molecule has 0 aromatic rings. The van der Waals surface area contributed by atoms with E-state index in [0.29, 0.717) is 19.3 Å². The zero-order valence-electron chi connectivity index (χ0n) is 9.88. The fraction of sp³-hybridized carbons (Fsp3) is 0.818. The molecule has 0 bridgehead atoms. The summed E-state index contributed by atoms with van der Waals surface area (Å²) >= 11 is 0. The molecule has 5 nitrogen and oxygen atoms in total. The molecule has 0 saturated heterocycles. The van der Waals surface area contributed by atoms with Gasteiger partial charge in [0, 0.05) is 6.54 Å². The Hall–Kier alpha value is -1.10. The van der Waals surface area contributed by atoms with Crippen molar-refractivity contribution in [1.82, 2.24) is 5.32 Å². The number of carboxylic acid groups (broad SMARTS) is 1. The summed E-state index contributed by atoms with van der Waals surface area (Å²) < 4.78 is 0. The van der Waals surface area contributed by atoms with E-state index in [-0.39, 0.29) is 12.5 Å². The van der Waals surface area contributed by atoms with Gasteiger partial charge in [-0.3, -0.25) is 9.59 Å². The molecule has 1 amide bonds. The van der Waals surface area contributed by atoms with Crippen molar-refractivity contribution in [1.29, 1.82) is 0 Å². The Morgan fingerprint density at radius 2 is 2.06 bits per heavy atom. The lowest BCUT2D eigenvalue weighted by Gasteiger charge is -2.38. The highest BCUT2D eigenvalue weighted by Gasteiger charge is 2.45. The molecule has 0 radical (unpaired) electrons. The van der Waals surface area contributed by atoms with Crippen molar-refractivity contribution >= 4 is 11.9 Å². The summed E-state index contributed by atoms with van der Waals surface area (Å²) in [5.74, 6) is -1.10. The van der Waals surface area contributed by atoms with Crippen molar-refractivity contribution in [3.63, 3.8) is 0 Å². The van der Waals surface area contributed by atoms with Crippen LogP contribution in [0.5, 0.6) is 0 Å². The van der Waals surface area contributed by atoms with E-state index >= 15 is 0 Å². The van der Waals surface area contributed by atoms with Gasteiger partial charge in [0.05, 0.1) is 11.0 Å². The Labute approximate surface area is 95.4 Å². The third-order valence-corrected chi connectivity index (χ3v) is 3.60. The molecule has 1 aliphatic rings. The van der Waals surface area contributed by atoms with E-state index in [9.17, 15) is 9.59 Å². The number of carboxylic acids is 1. The minimum Gasteiger partial charge on any atom is -0.481 e. The minimum absolute atomic E-state index is 0.188. The van der Waals surface area contributed by atoms with Gasteiger partial charge in [0.2, 0.25) is 5.91 Å². The second-order valence-corrected chi connectivity index (χ2v) is 4.89. The van der Waals surface area contributed by atoms with Crippen LogP contribution in [-0.4, -0.2) is 29.1 Å². The van der Waals surface area contributed by atoms with Gasteiger partial charge in [-0.25, -0.2) is 0 Å².